The molecule has 3 aromatic rings. The van der Waals surface area contributed by atoms with Crippen molar-refractivity contribution in [3.63, 3.8) is 0 Å². The molecule has 2 aromatic carbocycles. The fraction of sp³-hybridized carbons (Fsp3) is 0.238. The van der Waals surface area contributed by atoms with Crippen LogP contribution in [0.5, 0.6) is 5.75 Å². The van der Waals surface area contributed by atoms with Crippen LogP contribution in [0.15, 0.2) is 42.5 Å². The summed E-state index contributed by atoms with van der Waals surface area (Å²) >= 11 is 0. The molecule has 0 unspecified atom stereocenters. The number of carbonyl (C=O) groups excluding carboxylic acids is 1. The zero-order valence-corrected chi connectivity index (χ0v) is 14.8. The van der Waals surface area contributed by atoms with Crippen molar-refractivity contribution in [2.45, 2.75) is 19.8 Å². The van der Waals surface area contributed by atoms with E-state index in [2.05, 4.69) is 4.98 Å². The number of benzene rings is 2. The maximum atomic E-state index is 13.7. The third-order valence-electron chi connectivity index (χ3n) is 4.85. The molecule has 1 amide bonds. The molecule has 0 spiro atoms. The maximum Gasteiger partial charge on any atom is 0.260 e. The topological polar surface area (TPSA) is 42.4 Å². The first-order valence-electron chi connectivity index (χ1n) is 8.62. The fourth-order valence-electron chi connectivity index (χ4n) is 3.50. The monoisotopic (exact) mass is 350 g/mol. The number of aromatic nitrogens is 1. The lowest BCUT2D eigenvalue weighted by Crippen LogP contribution is -2.36. The summed E-state index contributed by atoms with van der Waals surface area (Å²) in [6, 6.07) is 12.1. The van der Waals surface area contributed by atoms with E-state index in [0.717, 1.165) is 29.3 Å². The number of halogens is 1. The summed E-state index contributed by atoms with van der Waals surface area (Å²) in [5.74, 6) is 0.236. The van der Waals surface area contributed by atoms with E-state index < -0.39 is 0 Å². The van der Waals surface area contributed by atoms with E-state index in [0.29, 0.717) is 29.2 Å². The Balaban J connectivity index is 1.79. The highest BCUT2D eigenvalue weighted by Gasteiger charge is 2.25. The molecule has 5 heteroatoms. The van der Waals surface area contributed by atoms with Crippen LogP contribution in [0.3, 0.4) is 0 Å². The van der Waals surface area contributed by atoms with Gasteiger partial charge < -0.3 is 9.64 Å². The second kappa shape index (κ2) is 6.41. The van der Waals surface area contributed by atoms with Crippen LogP contribution < -0.4 is 9.64 Å². The minimum absolute atomic E-state index is 0.147. The second-order valence-electron chi connectivity index (χ2n) is 6.51. The lowest BCUT2D eigenvalue weighted by atomic mass is 10.00. The molecule has 0 saturated carbocycles. The number of ether oxygens (including phenoxy) is 1. The van der Waals surface area contributed by atoms with Crippen LogP contribution in [-0.4, -0.2) is 24.5 Å². The Morgan fingerprint density at radius 1 is 1.19 bits per heavy atom. The van der Waals surface area contributed by atoms with Gasteiger partial charge >= 0.3 is 0 Å². The average Bonchev–Trinajstić information content (AvgIpc) is 2.66. The number of hydrogen-bond donors (Lipinski definition) is 0. The van der Waals surface area contributed by atoms with Crippen molar-refractivity contribution in [3.05, 3.63) is 65.1 Å². The smallest absolute Gasteiger partial charge is 0.260 e. The molecule has 4 rings (SSSR count). The molecule has 132 valence electrons. The highest BCUT2D eigenvalue weighted by atomic mass is 19.1. The number of amides is 1. The number of aryl methyl sites for hydroxylation is 2. The fourth-order valence-corrected chi connectivity index (χ4v) is 3.50. The molecule has 0 saturated heterocycles. The summed E-state index contributed by atoms with van der Waals surface area (Å²) in [5, 5.41) is 0.842. The van der Waals surface area contributed by atoms with Gasteiger partial charge in [-0.05, 0) is 61.7 Å². The van der Waals surface area contributed by atoms with E-state index in [4.69, 9.17) is 4.74 Å². The lowest BCUT2D eigenvalue weighted by molar-refractivity contribution is 0.0984. The molecule has 1 aliphatic rings. The normalized spacial score (nSPS) is 13.6. The molecular weight excluding hydrogens is 331 g/mol. The third-order valence-corrected chi connectivity index (χ3v) is 4.85. The Kier molecular flexibility index (Phi) is 4.07. The highest BCUT2D eigenvalue weighted by molar-refractivity contribution is 6.09. The first-order chi connectivity index (χ1) is 12.6. The number of pyridine rings is 1. The molecule has 1 aromatic heterocycles. The van der Waals surface area contributed by atoms with Crippen LogP contribution in [0.25, 0.3) is 10.9 Å². The van der Waals surface area contributed by atoms with E-state index in [-0.39, 0.29) is 11.7 Å². The van der Waals surface area contributed by atoms with Crippen molar-refractivity contribution in [3.8, 4) is 5.75 Å². The van der Waals surface area contributed by atoms with Crippen molar-refractivity contribution in [1.29, 1.82) is 0 Å². The molecule has 26 heavy (non-hydrogen) atoms. The highest BCUT2D eigenvalue weighted by Crippen LogP contribution is 2.30. The minimum atomic E-state index is -0.332. The molecule has 2 heterocycles. The van der Waals surface area contributed by atoms with Crippen molar-refractivity contribution in [2.24, 2.45) is 0 Å². The first kappa shape index (κ1) is 16.5. The zero-order valence-electron chi connectivity index (χ0n) is 14.8. The number of nitrogens with zero attached hydrogens (tertiary/aromatic N) is 2. The van der Waals surface area contributed by atoms with Crippen LogP contribution >= 0.6 is 0 Å². The second-order valence-corrected chi connectivity index (χ2v) is 6.51. The summed E-state index contributed by atoms with van der Waals surface area (Å²) < 4.78 is 19.0. The summed E-state index contributed by atoms with van der Waals surface area (Å²) in [4.78, 5) is 19.5. The Bertz CT molecular complexity index is 1020. The van der Waals surface area contributed by atoms with Crippen molar-refractivity contribution in [1.82, 2.24) is 4.98 Å². The Labute approximate surface area is 151 Å². The average molecular weight is 350 g/mol. The van der Waals surface area contributed by atoms with Crippen molar-refractivity contribution >= 4 is 22.5 Å². The van der Waals surface area contributed by atoms with Crippen molar-refractivity contribution < 1.29 is 13.9 Å². The molecule has 0 fully saturated rings. The molecule has 0 radical (unpaired) electrons. The number of anilines is 1. The van der Waals surface area contributed by atoms with Crippen LogP contribution in [-0.2, 0) is 6.42 Å². The molecule has 0 N–H and O–H groups in total. The van der Waals surface area contributed by atoms with E-state index in [1.165, 1.54) is 12.1 Å². The van der Waals surface area contributed by atoms with Crippen LogP contribution in [0.4, 0.5) is 10.1 Å². The van der Waals surface area contributed by atoms with Gasteiger partial charge in [0.15, 0.2) is 0 Å². The molecule has 0 atom stereocenters. The summed E-state index contributed by atoms with van der Waals surface area (Å²) in [6.07, 6.45) is 1.71. The van der Waals surface area contributed by atoms with Gasteiger partial charge in [-0.15, -0.1) is 0 Å². The van der Waals surface area contributed by atoms with E-state index in [1.54, 1.807) is 18.1 Å². The molecular formula is C21H19FN2O2. The lowest BCUT2D eigenvalue weighted by Gasteiger charge is -2.30. The largest absolute Gasteiger partial charge is 0.497 e. The minimum Gasteiger partial charge on any atom is -0.497 e. The van der Waals surface area contributed by atoms with Gasteiger partial charge in [0.1, 0.15) is 11.6 Å². The van der Waals surface area contributed by atoms with Gasteiger partial charge in [0, 0.05) is 11.9 Å². The Hall–Kier alpha value is -2.95. The summed E-state index contributed by atoms with van der Waals surface area (Å²) in [7, 11) is 1.61. The zero-order chi connectivity index (χ0) is 18.3. The first-order valence-corrected chi connectivity index (χ1v) is 8.62. The van der Waals surface area contributed by atoms with Crippen LogP contribution in [0, 0.1) is 12.7 Å². The predicted octanol–water partition coefficient (Wildman–Crippen LogP) is 4.28. The van der Waals surface area contributed by atoms with Crippen LogP contribution in [0.1, 0.15) is 28.0 Å². The number of carbonyl (C=O) groups is 1. The maximum absolute atomic E-state index is 13.7. The molecule has 0 bridgehead atoms. The van der Waals surface area contributed by atoms with Gasteiger partial charge in [0.25, 0.3) is 5.91 Å². The quantitative estimate of drug-likeness (QED) is 0.693. The SMILES string of the molecule is COc1ccc2nc(C)c(C(=O)N3CCCc4ccc(F)cc43)cc2c1. The number of fused-ring (bicyclic) bond motifs is 2. The third kappa shape index (κ3) is 2.79. The molecule has 1 aliphatic heterocycles. The Morgan fingerprint density at radius 3 is 2.85 bits per heavy atom. The number of rotatable bonds is 2. The number of hydrogen-bond acceptors (Lipinski definition) is 3. The van der Waals surface area contributed by atoms with Crippen molar-refractivity contribution in [2.75, 3.05) is 18.6 Å². The van der Waals surface area contributed by atoms with Gasteiger partial charge in [-0.1, -0.05) is 6.07 Å². The van der Waals surface area contributed by atoms with Gasteiger partial charge in [-0.2, -0.15) is 0 Å². The summed E-state index contributed by atoms with van der Waals surface area (Å²) in [5.41, 5.74) is 3.66. The number of methoxy groups -OCH3 is 1. The molecule has 0 aliphatic carbocycles. The van der Waals surface area contributed by atoms with E-state index in [1.807, 2.05) is 31.2 Å². The van der Waals surface area contributed by atoms with Gasteiger partial charge in [0.2, 0.25) is 0 Å². The van der Waals surface area contributed by atoms with E-state index >= 15 is 0 Å². The van der Waals surface area contributed by atoms with Gasteiger partial charge in [0.05, 0.1) is 29.6 Å². The molecule has 4 nitrogen and oxygen atoms in total. The Morgan fingerprint density at radius 2 is 2.04 bits per heavy atom. The standard InChI is InChI=1S/C21H19FN2O2/c1-13-18(11-15-10-17(26-2)7-8-19(15)23-13)21(25)24-9-3-4-14-5-6-16(22)12-20(14)24/h5-8,10-12H,3-4,9H2,1-2H3. The predicted molar refractivity (Wildman–Crippen MR) is 99.4 cm³/mol. The van der Waals surface area contributed by atoms with Crippen LogP contribution in [0.2, 0.25) is 0 Å². The van der Waals surface area contributed by atoms with E-state index in [9.17, 15) is 9.18 Å². The van der Waals surface area contributed by atoms with Gasteiger partial charge in [-0.25, -0.2) is 4.39 Å². The summed E-state index contributed by atoms with van der Waals surface area (Å²) in [6.45, 7) is 2.40. The van der Waals surface area contributed by atoms with Gasteiger partial charge in [-0.3, -0.25) is 9.78 Å².